The molecule has 0 aliphatic rings. The Kier molecular flexibility index (Phi) is 49.1. The summed E-state index contributed by atoms with van der Waals surface area (Å²) in [6.45, 7) is 13.5. The Morgan fingerprint density at radius 2 is 0.558 bits per heavy atom. The number of unbranched alkanes of at least 4 members (excludes halogenated alkanes) is 22. The van der Waals surface area contributed by atoms with Crippen LogP contribution in [-0.4, -0.2) is 111 Å². The molecule has 0 spiro atoms. The Balaban J connectivity index is 3.91. The van der Waals surface area contributed by atoms with Crippen molar-refractivity contribution in [3.63, 3.8) is 0 Å². The first-order valence-corrected chi connectivity index (χ1v) is 22.7. The van der Waals surface area contributed by atoms with Gasteiger partial charge in [-0.15, -0.1) is 0 Å². The topological polar surface area (TPSA) is 73.8 Å². The second-order valence-electron chi connectivity index (χ2n) is 14.2. The van der Waals surface area contributed by atoms with Crippen molar-refractivity contribution >= 4 is 12.6 Å². The van der Waals surface area contributed by atoms with Gasteiger partial charge < -0.3 is 37.9 Å². The SMILES string of the molecule is CCCCCCCCCCCCCCOC[C@@H](COCCOCCOCCOCCOCCOCCS)OCCCCCCCCCCCCCC. The third kappa shape index (κ3) is 46.2. The lowest BCUT2D eigenvalue weighted by molar-refractivity contribution is -0.0702. The molecule has 0 rings (SSSR count). The van der Waals surface area contributed by atoms with Crippen LogP contribution in [-0.2, 0) is 37.9 Å². The van der Waals surface area contributed by atoms with Gasteiger partial charge in [0, 0.05) is 19.0 Å². The molecule has 0 bridgehead atoms. The van der Waals surface area contributed by atoms with Gasteiger partial charge in [-0.1, -0.05) is 155 Å². The maximum Gasteiger partial charge on any atom is 0.104 e. The lowest BCUT2D eigenvalue weighted by Gasteiger charge is -2.18. The molecule has 0 saturated carbocycles. The average Bonchev–Trinajstić information content (AvgIpc) is 3.15. The second-order valence-corrected chi connectivity index (χ2v) is 14.7. The highest BCUT2D eigenvalue weighted by atomic mass is 32.1. The van der Waals surface area contributed by atoms with Crippen LogP contribution < -0.4 is 0 Å². The molecular weight excluding hydrogens is 677 g/mol. The summed E-state index contributed by atoms with van der Waals surface area (Å²) in [5.74, 6) is 0.729. The minimum absolute atomic E-state index is 0.0230. The van der Waals surface area contributed by atoms with E-state index in [1.165, 1.54) is 141 Å². The highest BCUT2D eigenvalue weighted by Gasteiger charge is 2.10. The van der Waals surface area contributed by atoms with E-state index in [9.17, 15) is 0 Å². The normalized spacial score (nSPS) is 12.3. The summed E-state index contributed by atoms with van der Waals surface area (Å²) in [6, 6.07) is 0. The third-order valence-corrected chi connectivity index (χ3v) is 9.38. The number of hydrogen-bond donors (Lipinski definition) is 1. The second kappa shape index (κ2) is 49.0. The molecule has 9 heteroatoms. The van der Waals surface area contributed by atoms with Crippen LogP contribution in [0.3, 0.4) is 0 Å². The summed E-state index contributed by atoms with van der Waals surface area (Å²) in [4.78, 5) is 0. The molecule has 0 aromatic rings. The van der Waals surface area contributed by atoms with Crippen molar-refractivity contribution in [2.75, 3.05) is 105 Å². The van der Waals surface area contributed by atoms with E-state index in [2.05, 4.69) is 26.5 Å². The molecule has 0 heterocycles. The van der Waals surface area contributed by atoms with Gasteiger partial charge in [0.1, 0.15) is 6.10 Å². The summed E-state index contributed by atoms with van der Waals surface area (Å²) >= 11 is 4.10. The smallest absolute Gasteiger partial charge is 0.104 e. The van der Waals surface area contributed by atoms with Crippen LogP contribution >= 0.6 is 12.6 Å². The zero-order valence-electron chi connectivity index (χ0n) is 34.6. The Hall–Kier alpha value is 0.0300. The summed E-state index contributed by atoms with van der Waals surface area (Å²) in [5, 5.41) is 0. The quantitative estimate of drug-likeness (QED) is 0.0485. The summed E-state index contributed by atoms with van der Waals surface area (Å²) < 4.78 is 45.8. The van der Waals surface area contributed by atoms with Crippen molar-refractivity contribution in [3.8, 4) is 0 Å². The van der Waals surface area contributed by atoms with Gasteiger partial charge in [0.05, 0.1) is 85.9 Å². The van der Waals surface area contributed by atoms with Crippen LogP contribution in [0.5, 0.6) is 0 Å². The van der Waals surface area contributed by atoms with E-state index in [0.717, 1.165) is 31.8 Å². The molecule has 0 fully saturated rings. The first kappa shape index (κ1) is 52.0. The van der Waals surface area contributed by atoms with Crippen molar-refractivity contribution < 1.29 is 37.9 Å². The molecule has 314 valence electrons. The molecule has 0 amide bonds. The minimum atomic E-state index is -0.0230. The molecular formula is C43H88O8S. The van der Waals surface area contributed by atoms with Crippen LogP contribution in [0.15, 0.2) is 0 Å². The van der Waals surface area contributed by atoms with Crippen molar-refractivity contribution in [3.05, 3.63) is 0 Å². The number of ether oxygens (including phenoxy) is 8. The van der Waals surface area contributed by atoms with Gasteiger partial charge >= 0.3 is 0 Å². The van der Waals surface area contributed by atoms with Crippen LogP contribution in [0.25, 0.3) is 0 Å². The van der Waals surface area contributed by atoms with Crippen molar-refractivity contribution in [1.29, 1.82) is 0 Å². The van der Waals surface area contributed by atoms with Crippen molar-refractivity contribution in [1.82, 2.24) is 0 Å². The van der Waals surface area contributed by atoms with Gasteiger partial charge in [0.15, 0.2) is 0 Å². The Morgan fingerprint density at radius 1 is 0.288 bits per heavy atom. The fraction of sp³-hybridized carbons (Fsp3) is 1.00. The molecule has 0 aliphatic heterocycles. The molecule has 0 aromatic heterocycles. The van der Waals surface area contributed by atoms with Crippen molar-refractivity contribution in [2.24, 2.45) is 0 Å². The third-order valence-electron chi connectivity index (χ3n) is 9.20. The van der Waals surface area contributed by atoms with Gasteiger partial charge in [0.25, 0.3) is 0 Å². The first-order chi connectivity index (χ1) is 25.8. The molecule has 0 aliphatic carbocycles. The fourth-order valence-electron chi connectivity index (χ4n) is 5.98. The molecule has 1 atom stereocenters. The van der Waals surface area contributed by atoms with Gasteiger partial charge in [-0.2, -0.15) is 12.6 Å². The van der Waals surface area contributed by atoms with Gasteiger partial charge in [0.2, 0.25) is 0 Å². The van der Waals surface area contributed by atoms with Crippen LogP contribution in [0.1, 0.15) is 168 Å². The summed E-state index contributed by atoms with van der Waals surface area (Å²) in [5.41, 5.74) is 0. The molecule has 0 N–H and O–H groups in total. The molecule has 0 aromatic carbocycles. The predicted octanol–water partition coefficient (Wildman–Crippen LogP) is 10.8. The largest absolute Gasteiger partial charge is 0.379 e. The number of rotatable bonds is 48. The van der Waals surface area contributed by atoms with E-state index in [-0.39, 0.29) is 6.10 Å². The molecule has 0 unspecified atom stereocenters. The standard InChI is InChI=1S/C43H88O8S/c1-3-5-7-9-11-13-15-17-19-21-23-25-27-49-41-43(51-28-26-24-22-20-18-16-14-12-10-8-6-4-2)42-50-38-37-47-34-33-45-30-29-44-31-32-46-35-36-48-39-40-52/h43,52H,3-42H2,1-2H3/t43-/m0/s1. The highest BCUT2D eigenvalue weighted by molar-refractivity contribution is 7.80. The van der Waals surface area contributed by atoms with Crippen molar-refractivity contribution in [2.45, 2.75) is 174 Å². The zero-order chi connectivity index (χ0) is 37.5. The minimum Gasteiger partial charge on any atom is -0.379 e. The molecule has 52 heavy (non-hydrogen) atoms. The molecule has 0 saturated heterocycles. The van der Waals surface area contributed by atoms with E-state index >= 15 is 0 Å². The molecule has 8 nitrogen and oxygen atoms in total. The van der Waals surface area contributed by atoms with E-state index in [1.54, 1.807) is 0 Å². The maximum absolute atomic E-state index is 6.24. The summed E-state index contributed by atoms with van der Waals surface area (Å²) in [6.07, 6.45) is 32.5. The molecule has 0 radical (unpaired) electrons. The zero-order valence-corrected chi connectivity index (χ0v) is 35.5. The number of thiol groups is 1. The van der Waals surface area contributed by atoms with E-state index in [0.29, 0.717) is 85.9 Å². The lowest BCUT2D eigenvalue weighted by atomic mass is 10.1. The Morgan fingerprint density at radius 3 is 0.904 bits per heavy atom. The van der Waals surface area contributed by atoms with E-state index in [4.69, 9.17) is 37.9 Å². The van der Waals surface area contributed by atoms with Gasteiger partial charge in [-0.25, -0.2) is 0 Å². The van der Waals surface area contributed by atoms with Crippen LogP contribution in [0.4, 0.5) is 0 Å². The monoisotopic (exact) mass is 765 g/mol. The first-order valence-electron chi connectivity index (χ1n) is 22.1. The van der Waals surface area contributed by atoms with Gasteiger partial charge in [-0.05, 0) is 12.8 Å². The summed E-state index contributed by atoms with van der Waals surface area (Å²) in [7, 11) is 0. The van der Waals surface area contributed by atoms with Crippen LogP contribution in [0.2, 0.25) is 0 Å². The Bertz CT molecular complexity index is 618. The maximum atomic E-state index is 6.24. The Labute approximate surface area is 328 Å². The number of hydrogen-bond acceptors (Lipinski definition) is 9. The fourth-order valence-corrected chi connectivity index (χ4v) is 6.11. The van der Waals surface area contributed by atoms with Gasteiger partial charge in [-0.3, -0.25) is 0 Å². The highest BCUT2D eigenvalue weighted by Crippen LogP contribution is 2.13. The van der Waals surface area contributed by atoms with E-state index < -0.39 is 0 Å². The predicted molar refractivity (Wildman–Crippen MR) is 221 cm³/mol. The average molecular weight is 765 g/mol. The van der Waals surface area contributed by atoms with E-state index in [1.807, 2.05) is 0 Å². The van der Waals surface area contributed by atoms with Crippen LogP contribution in [0, 0.1) is 0 Å². The lowest BCUT2D eigenvalue weighted by Crippen LogP contribution is -2.27.